The Bertz CT molecular complexity index is 374. The van der Waals surface area contributed by atoms with Crippen LogP contribution in [0.5, 0.6) is 0 Å². The lowest BCUT2D eigenvalue weighted by molar-refractivity contribution is -0.128. The molecule has 1 aromatic carbocycles. The fourth-order valence-corrected chi connectivity index (χ4v) is 1.90. The maximum absolute atomic E-state index is 11.6. The molecule has 0 saturated carbocycles. The Morgan fingerprint density at radius 2 is 1.88 bits per heavy atom. The van der Waals surface area contributed by atoms with E-state index in [0.29, 0.717) is 6.54 Å². The molecule has 0 saturated heterocycles. The van der Waals surface area contributed by atoms with Crippen LogP contribution in [0.1, 0.15) is 19.4 Å². The maximum atomic E-state index is 11.6. The molecule has 0 spiro atoms. The Morgan fingerprint density at radius 1 is 1.29 bits per heavy atom. The topological polar surface area (TPSA) is 41.1 Å². The van der Waals surface area contributed by atoms with Crippen molar-refractivity contribution in [2.75, 3.05) is 13.6 Å². The smallest absolute Gasteiger partial charge is 0.226 e. The molecular formula is C13H19IN2O. The summed E-state index contributed by atoms with van der Waals surface area (Å²) in [6.45, 7) is 5.33. The molecule has 2 N–H and O–H groups in total. The average molecular weight is 346 g/mol. The number of rotatable bonds is 5. The second kappa shape index (κ2) is 6.35. The van der Waals surface area contributed by atoms with Crippen LogP contribution in [0.2, 0.25) is 0 Å². The highest BCUT2D eigenvalue weighted by atomic mass is 127. The van der Waals surface area contributed by atoms with Crippen molar-refractivity contribution in [1.82, 2.24) is 10.6 Å². The highest BCUT2D eigenvalue weighted by Gasteiger charge is 2.25. The van der Waals surface area contributed by atoms with Crippen LogP contribution in [0.25, 0.3) is 0 Å². The Kier molecular flexibility index (Phi) is 5.39. The van der Waals surface area contributed by atoms with Crippen molar-refractivity contribution in [3.8, 4) is 0 Å². The zero-order valence-electron chi connectivity index (χ0n) is 10.5. The van der Waals surface area contributed by atoms with Gasteiger partial charge in [0.2, 0.25) is 5.91 Å². The molecule has 0 radical (unpaired) electrons. The Hall–Kier alpha value is -0.620. The molecule has 4 heteroatoms. The van der Waals surface area contributed by atoms with Crippen molar-refractivity contribution >= 4 is 28.5 Å². The quantitative estimate of drug-likeness (QED) is 0.803. The molecule has 94 valence electrons. The van der Waals surface area contributed by atoms with Crippen molar-refractivity contribution in [2.45, 2.75) is 20.4 Å². The molecule has 0 aromatic heterocycles. The highest BCUT2D eigenvalue weighted by molar-refractivity contribution is 14.1. The lowest BCUT2D eigenvalue weighted by Gasteiger charge is -2.22. The van der Waals surface area contributed by atoms with Gasteiger partial charge >= 0.3 is 0 Å². The summed E-state index contributed by atoms with van der Waals surface area (Å²) in [6, 6.07) is 8.37. The van der Waals surface area contributed by atoms with Gasteiger partial charge in [-0.1, -0.05) is 12.1 Å². The van der Waals surface area contributed by atoms with Crippen molar-refractivity contribution < 1.29 is 4.79 Å². The van der Waals surface area contributed by atoms with Crippen LogP contribution in [0, 0.1) is 8.99 Å². The molecule has 0 unspecified atom stereocenters. The molecule has 1 aromatic rings. The lowest BCUT2D eigenvalue weighted by Crippen LogP contribution is -2.41. The van der Waals surface area contributed by atoms with Gasteiger partial charge in [0.25, 0.3) is 0 Å². The van der Waals surface area contributed by atoms with Crippen LogP contribution >= 0.6 is 22.6 Å². The van der Waals surface area contributed by atoms with Crippen LogP contribution in [0.15, 0.2) is 24.3 Å². The van der Waals surface area contributed by atoms with Gasteiger partial charge in [-0.2, -0.15) is 0 Å². The van der Waals surface area contributed by atoms with E-state index in [9.17, 15) is 4.79 Å². The fraction of sp³-hybridized carbons (Fsp3) is 0.462. The molecule has 0 aliphatic rings. The van der Waals surface area contributed by atoms with E-state index in [1.54, 1.807) is 7.05 Å². The van der Waals surface area contributed by atoms with E-state index in [-0.39, 0.29) is 11.3 Å². The second-order valence-corrected chi connectivity index (χ2v) is 5.94. The first-order valence-corrected chi connectivity index (χ1v) is 6.71. The third-order valence-corrected chi connectivity index (χ3v) is 3.37. The third kappa shape index (κ3) is 4.63. The van der Waals surface area contributed by atoms with Gasteiger partial charge in [-0.05, 0) is 54.1 Å². The van der Waals surface area contributed by atoms with E-state index >= 15 is 0 Å². The Morgan fingerprint density at radius 3 is 2.41 bits per heavy atom. The minimum Gasteiger partial charge on any atom is -0.359 e. The first-order chi connectivity index (χ1) is 7.95. The first kappa shape index (κ1) is 14.4. The predicted molar refractivity (Wildman–Crippen MR) is 78.7 cm³/mol. The molecule has 3 nitrogen and oxygen atoms in total. The van der Waals surface area contributed by atoms with Crippen molar-refractivity contribution in [1.29, 1.82) is 0 Å². The number of benzene rings is 1. The van der Waals surface area contributed by atoms with E-state index in [0.717, 1.165) is 6.54 Å². The van der Waals surface area contributed by atoms with Crippen LogP contribution in [0.4, 0.5) is 0 Å². The van der Waals surface area contributed by atoms with Gasteiger partial charge in [0.05, 0.1) is 5.41 Å². The maximum Gasteiger partial charge on any atom is 0.226 e. The van der Waals surface area contributed by atoms with Crippen molar-refractivity contribution in [3.05, 3.63) is 33.4 Å². The third-order valence-electron chi connectivity index (χ3n) is 2.65. The molecule has 0 bridgehead atoms. The number of carbonyl (C=O) groups is 1. The van der Waals surface area contributed by atoms with E-state index in [2.05, 4.69) is 57.5 Å². The zero-order valence-corrected chi connectivity index (χ0v) is 12.7. The molecule has 1 rings (SSSR count). The molecule has 0 atom stereocenters. The van der Waals surface area contributed by atoms with Gasteiger partial charge in [0, 0.05) is 23.7 Å². The molecule has 0 aliphatic carbocycles. The monoisotopic (exact) mass is 346 g/mol. The highest BCUT2D eigenvalue weighted by Crippen LogP contribution is 2.13. The summed E-state index contributed by atoms with van der Waals surface area (Å²) in [5, 5.41) is 5.99. The van der Waals surface area contributed by atoms with Gasteiger partial charge in [-0.25, -0.2) is 0 Å². The van der Waals surface area contributed by atoms with Crippen LogP contribution in [-0.4, -0.2) is 19.5 Å². The van der Waals surface area contributed by atoms with E-state index < -0.39 is 0 Å². The second-order valence-electron chi connectivity index (χ2n) is 4.69. The molecule has 1 amide bonds. The summed E-state index contributed by atoms with van der Waals surface area (Å²) in [7, 11) is 1.67. The fourth-order valence-electron chi connectivity index (χ4n) is 1.54. The van der Waals surface area contributed by atoms with E-state index in [1.807, 2.05) is 13.8 Å². The summed E-state index contributed by atoms with van der Waals surface area (Å²) in [5.41, 5.74) is 0.857. The molecular weight excluding hydrogens is 327 g/mol. The van der Waals surface area contributed by atoms with Gasteiger partial charge < -0.3 is 10.6 Å². The van der Waals surface area contributed by atoms with Crippen LogP contribution < -0.4 is 10.6 Å². The predicted octanol–water partition coefficient (Wildman–Crippen LogP) is 2.15. The normalized spacial score (nSPS) is 11.3. The summed E-state index contributed by atoms with van der Waals surface area (Å²) in [5.74, 6) is 0.0626. The van der Waals surface area contributed by atoms with Gasteiger partial charge in [0.1, 0.15) is 0 Å². The SMILES string of the molecule is CNC(=O)C(C)(C)CNCc1ccc(I)cc1. The van der Waals surface area contributed by atoms with Gasteiger partial charge in [-0.3, -0.25) is 4.79 Å². The molecule has 17 heavy (non-hydrogen) atoms. The van der Waals surface area contributed by atoms with Crippen LogP contribution in [-0.2, 0) is 11.3 Å². The van der Waals surface area contributed by atoms with Crippen molar-refractivity contribution in [2.24, 2.45) is 5.41 Å². The molecule has 0 fully saturated rings. The number of hydrogen-bond acceptors (Lipinski definition) is 2. The van der Waals surface area contributed by atoms with Crippen LogP contribution in [0.3, 0.4) is 0 Å². The molecule has 0 aliphatic heterocycles. The summed E-state index contributed by atoms with van der Waals surface area (Å²) < 4.78 is 1.23. The van der Waals surface area contributed by atoms with E-state index in [4.69, 9.17) is 0 Å². The number of hydrogen-bond donors (Lipinski definition) is 2. The van der Waals surface area contributed by atoms with E-state index in [1.165, 1.54) is 9.13 Å². The van der Waals surface area contributed by atoms with Gasteiger partial charge in [0.15, 0.2) is 0 Å². The zero-order chi connectivity index (χ0) is 12.9. The summed E-state index contributed by atoms with van der Waals surface area (Å²) in [4.78, 5) is 11.6. The Balaban J connectivity index is 2.42. The Labute approximate surface area is 117 Å². The number of carbonyl (C=O) groups excluding carboxylic acids is 1. The average Bonchev–Trinajstić information content (AvgIpc) is 2.30. The van der Waals surface area contributed by atoms with Gasteiger partial charge in [-0.15, -0.1) is 0 Å². The number of amides is 1. The van der Waals surface area contributed by atoms with Crippen molar-refractivity contribution in [3.63, 3.8) is 0 Å². The molecule has 0 heterocycles. The number of nitrogens with one attached hydrogen (secondary N) is 2. The number of halogens is 1. The minimum atomic E-state index is -0.377. The standard InChI is InChI=1S/C13H19IN2O/c1-13(2,12(17)15-3)9-16-8-10-4-6-11(14)7-5-10/h4-7,16H,8-9H2,1-3H3,(H,15,17). The summed E-state index contributed by atoms with van der Waals surface area (Å²) >= 11 is 2.29. The minimum absolute atomic E-state index is 0.0626. The largest absolute Gasteiger partial charge is 0.359 e. The summed E-state index contributed by atoms with van der Waals surface area (Å²) in [6.07, 6.45) is 0. The first-order valence-electron chi connectivity index (χ1n) is 5.63. The lowest BCUT2D eigenvalue weighted by atomic mass is 9.92.